The van der Waals surface area contributed by atoms with Crippen LogP contribution in [-0.2, 0) is 11.3 Å². The first-order valence-electron chi connectivity index (χ1n) is 11.6. The van der Waals surface area contributed by atoms with Gasteiger partial charge in [0.25, 0.3) is 11.8 Å². The molecule has 5 aromatic rings. The summed E-state index contributed by atoms with van der Waals surface area (Å²) in [5.41, 5.74) is 3.47. The van der Waals surface area contributed by atoms with Gasteiger partial charge in [-0.2, -0.15) is 0 Å². The highest BCUT2D eigenvalue weighted by Crippen LogP contribution is 2.21. The molecular weight excluding hydrogens is 548 g/mol. The van der Waals surface area contributed by atoms with Crippen LogP contribution in [-0.4, -0.2) is 32.9 Å². The van der Waals surface area contributed by atoms with Gasteiger partial charge >= 0.3 is 5.97 Å². The molecule has 0 unspecified atom stereocenters. The summed E-state index contributed by atoms with van der Waals surface area (Å²) in [4.78, 5) is 44.9. The van der Waals surface area contributed by atoms with E-state index in [1.165, 1.54) is 30.5 Å². The second kappa shape index (κ2) is 10.7. The van der Waals surface area contributed by atoms with Gasteiger partial charge in [0, 0.05) is 39.9 Å². The van der Waals surface area contributed by atoms with Crippen molar-refractivity contribution in [2.75, 3.05) is 0 Å². The number of carboxylic acid groups (broad SMARTS) is 1. The minimum atomic E-state index is -1.30. The highest BCUT2D eigenvalue weighted by atomic mass is 79.9. The molecule has 8 nitrogen and oxygen atoms in total. The lowest BCUT2D eigenvalue weighted by Gasteiger charge is -2.10. The van der Waals surface area contributed by atoms with Gasteiger partial charge in [0.1, 0.15) is 5.70 Å². The summed E-state index contributed by atoms with van der Waals surface area (Å²) in [6.07, 6.45) is 4.75. The Kier molecular flexibility index (Phi) is 7.01. The van der Waals surface area contributed by atoms with Crippen LogP contribution in [0.1, 0.15) is 31.8 Å². The van der Waals surface area contributed by atoms with E-state index < -0.39 is 11.9 Å². The number of nitrogens with one attached hydrogen (secondary N) is 3. The number of aliphatic carboxylic acids is 1. The number of amides is 2. The Bertz CT molecular complexity index is 1740. The monoisotopic (exact) mass is 568 g/mol. The Morgan fingerprint density at radius 3 is 2.61 bits per heavy atom. The molecule has 5 rings (SSSR count). The van der Waals surface area contributed by atoms with Crippen molar-refractivity contribution in [1.82, 2.24) is 20.6 Å². The van der Waals surface area contributed by atoms with Gasteiger partial charge in [0.05, 0.1) is 11.1 Å². The summed E-state index contributed by atoms with van der Waals surface area (Å²) in [5, 5.41) is 16.9. The van der Waals surface area contributed by atoms with E-state index in [9.17, 15) is 19.5 Å². The van der Waals surface area contributed by atoms with Crippen LogP contribution in [0.5, 0.6) is 0 Å². The molecule has 0 aliphatic rings. The summed E-state index contributed by atoms with van der Waals surface area (Å²) in [6.45, 7) is 0.337. The lowest BCUT2D eigenvalue weighted by molar-refractivity contribution is -0.132. The quantitative estimate of drug-likeness (QED) is 0.199. The van der Waals surface area contributed by atoms with E-state index in [1.54, 1.807) is 6.07 Å². The number of halogens is 1. The van der Waals surface area contributed by atoms with Crippen molar-refractivity contribution in [2.24, 2.45) is 0 Å². The van der Waals surface area contributed by atoms with Crippen molar-refractivity contribution < 1.29 is 19.5 Å². The summed E-state index contributed by atoms with van der Waals surface area (Å²) in [5.74, 6) is -2.24. The molecule has 38 heavy (non-hydrogen) atoms. The third-order valence-electron chi connectivity index (χ3n) is 5.95. The van der Waals surface area contributed by atoms with Gasteiger partial charge in [0.15, 0.2) is 0 Å². The molecule has 9 heteroatoms. The minimum Gasteiger partial charge on any atom is -0.477 e. The van der Waals surface area contributed by atoms with Crippen LogP contribution < -0.4 is 10.6 Å². The van der Waals surface area contributed by atoms with Crippen LogP contribution in [0.2, 0.25) is 0 Å². The number of para-hydroxylation sites is 1. The molecular formula is C29H21BrN4O4. The maximum Gasteiger partial charge on any atom is 0.352 e. The first-order chi connectivity index (χ1) is 18.4. The van der Waals surface area contributed by atoms with E-state index in [1.807, 2.05) is 54.7 Å². The van der Waals surface area contributed by atoms with E-state index >= 15 is 0 Å². The van der Waals surface area contributed by atoms with E-state index in [0.717, 1.165) is 27.4 Å². The summed E-state index contributed by atoms with van der Waals surface area (Å²) < 4.78 is 0.354. The Labute approximate surface area is 225 Å². The van der Waals surface area contributed by atoms with Crippen LogP contribution in [0.4, 0.5) is 0 Å². The number of fused-ring (bicyclic) bond motifs is 2. The fourth-order valence-electron chi connectivity index (χ4n) is 4.00. The summed E-state index contributed by atoms with van der Waals surface area (Å²) >= 11 is 3.33. The number of aromatic amines is 1. The smallest absolute Gasteiger partial charge is 0.352 e. The van der Waals surface area contributed by atoms with Gasteiger partial charge in [-0.15, -0.1) is 0 Å². The average Bonchev–Trinajstić information content (AvgIpc) is 3.39. The van der Waals surface area contributed by atoms with Gasteiger partial charge in [-0.05, 0) is 81.0 Å². The molecule has 2 aromatic heterocycles. The van der Waals surface area contributed by atoms with Crippen molar-refractivity contribution >= 4 is 61.6 Å². The molecule has 0 atom stereocenters. The van der Waals surface area contributed by atoms with Crippen LogP contribution in [0.15, 0.2) is 95.4 Å². The Hall–Kier alpha value is -4.76. The van der Waals surface area contributed by atoms with Crippen LogP contribution in [0, 0.1) is 0 Å². The number of hydrogen-bond acceptors (Lipinski definition) is 4. The number of benzene rings is 3. The number of H-pyrrole nitrogens is 1. The highest BCUT2D eigenvalue weighted by molar-refractivity contribution is 9.10. The van der Waals surface area contributed by atoms with Crippen molar-refractivity contribution in [3.63, 3.8) is 0 Å². The molecule has 0 aliphatic heterocycles. The number of rotatable bonds is 7. The van der Waals surface area contributed by atoms with E-state index in [0.29, 0.717) is 22.1 Å². The van der Waals surface area contributed by atoms with Gasteiger partial charge in [-0.3, -0.25) is 14.6 Å². The molecule has 2 heterocycles. The third kappa shape index (κ3) is 5.47. The minimum absolute atomic E-state index is 0.183. The summed E-state index contributed by atoms with van der Waals surface area (Å²) in [7, 11) is 0. The normalized spacial score (nSPS) is 11.4. The molecule has 0 fully saturated rings. The lowest BCUT2D eigenvalue weighted by atomic mass is 10.1. The Balaban J connectivity index is 1.28. The highest BCUT2D eigenvalue weighted by Gasteiger charge is 2.17. The first kappa shape index (κ1) is 24.9. The fraction of sp³-hybridized carbons (Fsp3) is 0.0345. The molecule has 0 saturated heterocycles. The molecule has 0 saturated carbocycles. The molecule has 2 amide bonds. The van der Waals surface area contributed by atoms with Crippen molar-refractivity contribution in [3.05, 3.63) is 118 Å². The zero-order chi connectivity index (χ0) is 26.6. The molecule has 0 bridgehead atoms. The van der Waals surface area contributed by atoms with Gasteiger partial charge < -0.3 is 20.7 Å². The first-order valence-corrected chi connectivity index (χ1v) is 12.4. The number of pyridine rings is 1. The standard InChI is InChI=1S/C29H21BrN4O4/c30-23-14-21(27(35)33-15-17-5-6-19-9-10-31-25(19)12-17)7-8-22(23)28(36)34-26(29(37)38)13-18-11-20-3-1-2-4-24(20)32-16-18/h1-14,16,31H,15H2,(H,33,35)(H,34,36)(H,37,38). The van der Waals surface area contributed by atoms with Crippen LogP contribution in [0.25, 0.3) is 27.9 Å². The van der Waals surface area contributed by atoms with E-state index in [-0.39, 0.29) is 17.2 Å². The van der Waals surface area contributed by atoms with E-state index in [2.05, 4.69) is 36.5 Å². The number of nitrogens with zero attached hydrogens (tertiary/aromatic N) is 1. The lowest BCUT2D eigenvalue weighted by Crippen LogP contribution is -2.28. The number of aromatic nitrogens is 2. The molecule has 188 valence electrons. The second-order valence-electron chi connectivity index (χ2n) is 8.56. The Morgan fingerprint density at radius 1 is 0.947 bits per heavy atom. The Morgan fingerprint density at radius 2 is 1.79 bits per heavy atom. The SMILES string of the molecule is O=C(O)C(=Cc1cnc2ccccc2c1)NC(=O)c1ccc(C(=O)NCc2ccc3cc[nH]c3c2)cc1Br. The number of carboxylic acids is 1. The van der Waals surface area contributed by atoms with Gasteiger partial charge in [-0.1, -0.05) is 30.3 Å². The largest absolute Gasteiger partial charge is 0.477 e. The van der Waals surface area contributed by atoms with Gasteiger partial charge in [-0.25, -0.2) is 4.79 Å². The molecule has 4 N–H and O–H groups in total. The molecule has 3 aromatic carbocycles. The van der Waals surface area contributed by atoms with Crippen LogP contribution >= 0.6 is 15.9 Å². The molecule has 0 spiro atoms. The maximum absolute atomic E-state index is 12.9. The number of hydrogen-bond donors (Lipinski definition) is 4. The van der Waals surface area contributed by atoms with Crippen molar-refractivity contribution in [2.45, 2.75) is 6.54 Å². The van der Waals surface area contributed by atoms with E-state index in [4.69, 9.17) is 0 Å². The van der Waals surface area contributed by atoms with Crippen LogP contribution in [0.3, 0.4) is 0 Å². The summed E-state index contributed by atoms with van der Waals surface area (Å²) in [6, 6.07) is 21.6. The predicted molar refractivity (Wildman–Crippen MR) is 148 cm³/mol. The zero-order valence-corrected chi connectivity index (χ0v) is 21.5. The molecule has 0 aliphatic carbocycles. The topological polar surface area (TPSA) is 124 Å². The second-order valence-corrected chi connectivity index (χ2v) is 9.41. The average molecular weight is 569 g/mol. The number of carbonyl (C=O) groups is 3. The maximum atomic E-state index is 12.9. The predicted octanol–water partition coefficient (Wildman–Crippen LogP) is 5.26. The van der Waals surface area contributed by atoms with Crippen molar-refractivity contribution in [3.8, 4) is 0 Å². The number of carbonyl (C=O) groups excluding carboxylic acids is 2. The third-order valence-corrected chi connectivity index (χ3v) is 6.61. The molecule has 0 radical (unpaired) electrons. The zero-order valence-electron chi connectivity index (χ0n) is 19.9. The van der Waals surface area contributed by atoms with Gasteiger partial charge in [0.2, 0.25) is 0 Å². The van der Waals surface area contributed by atoms with Crippen molar-refractivity contribution in [1.29, 1.82) is 0 Å². The fourth-order valence-corrected chi connectivity index (χ4v) is 4.56.